The number of methoxy groups -OCH3 is 1. The fourth-order valence-corrected chi connectivity index (χ4v) is 2.68. The molecule has 0 saturated heterocycles. The van der Waals surface area contributed by atoms with E-state index in [1.807, 2.05) is 36.4 Å². The summed E-state index contributed by atoms with van der Waals surface area (Å²) in [5.41, 5.74) is 2.95. The molecule has 0 spiro atoms. The Labute approximate surface area is 124 Å². The van der Waals surface area contributed by atoms with Crippen molar-refractivity contribution in [3.05, 3.63) is 59.7 Å². The lowest BCUT2D eigenvalue weighted by atomic mass is 9.78. The van der Waals surface area contributed by atoms with Gasteiger partial charge in [-0.1, -0.05) is 42.5 Å². The Hall–Kier alpha value is -1.82. The van der Waals surface area contributed by atoms with Crippen molar-refractivity contribution in [2.24, 2.45) is 0 Å². The quantitative estimate of drug-likeness (QED) is 0.811. The Balaban J connectivity index is 1.66. The molecule has 0 radical (unpaired) electrons. The average Bonchev–Trinajstić information content (AvgIpc) is 2.85. The summed E-state index contributed by atoms with van der Waals surface area (Å²) in [5, 5.41) is 13.4. The highest BCUT2D eigenvalue weighted by atomic mass is 16.5. The van der Waals surface area contributed by atoms with Crippen molar-refractivity contribution in [1.29, 1.82) is 0 Å². The number of ether oxygens (including phenoxy) is 1. The predicted octanol–water partition coefficient (Wildman–Crippen LogP) is 1.24. The highest BCUT2D eigenvalue weighted by molar-refractivity contribution is 6.62. The molecule has 2 aromatic rings. The van der Waals surface area contributed by atoms with Crippen LogP contribution in [0, 0.1) is 0 Å². The molecule has 1 aliphatic rings. The summed E-state index contributed by atoms with van der Waals surface area (Å²) in [4.78, 5) is 0. The van der Waals surface area contributed by atoms with E-state index in [-0.39, 0.29) is 6.10 Å². The third-order valence-corrected chi connectivity index (χ3v) is 3.71. The summed E-state index contributed by atoms with van der Waals surface area (Å²) in [6.07, 6.45) is -0.159. The largest absolute Gasteiger partial charge is 0.497 e. The van der Waals surface area contributed by atoms with Crippen LogP contribution in [0.25, 0.3) is 0 Å². The molecule has 4 nitrogen and oxygen atoms in total. The number of rotatable bonds is 5. The van der Waals surface area contributed by atoms with E-state index in [9.17, 15) is 5.02 Å². The summed E-state index contributed by atoms with van der Waals surface area (Å²) in [6, 6.07) is 15.9. The van der Waals surface area contributed by atoms with Crippen LogP contribution >= 0.6 is 0 Å². The molecular formula is C16H18BNO3. The fraction of sp³-hybridized carbons (Fsp3) is 0.250. The molecule has 3 rings (SSSR count). The topological polar surface area (TPSA) is 50.7 Å². The van der Waals surface area contributed by atoms with Crippen LogP contribution in [0.1, 0.15) is 17.2 Å². The molecule has 1 aliphatic heterocycles. The van der Waals surface area contributed by atoms with Gasteiger partial charge in [0.15, 0.2) is 0 Å². The smallest absolute Gasteiger partial charge is 0.495 e. The van der Waals surface area contributed by atoms with Crippen LogP contribution in [0.5, 0.6) is 5.75 Å². The van der Waals surface area contributed by atoms with Gasteiger partial charge in [0.2, 0.25) is 0 Å². The van der Waals surface area contributed by atoms with Crippen molar-refractivity contribution in [1.82, 2.24) is 5.32 Å². The second-order valence-corrected chi connectivity index (χ2v) is 5.06. The van der Waals surface area contributed by atoms with Crippen molar-refractivity contribution in [2.45, 2.75) is 12.6 Å². The average molecular weight is 283 g/mol. The van der Waals surface area contributed by atoms with Gasteiger partial charge in [0, 0.05) is 18.6 Å². The molecule has 0 amide bonds. The minimum Gasteiger partial charge on any atom is -0.497 e. The molecule has 0 saturated carbocycles. The van der Waals surface area contributed by atoms with E-state index in [1.165, 1.54) is 5.56 Å². The van der Waals surface area contributed by atoms with Gasteiger partial charge in [-0.05, 0) is 17.2 Å². The molecule has 1 heterocycles. The van der Waals surface area contributed by atoms with Crippen molar-refractivity contribution in [3.8, 4) is 5.75 Å². The Bertz CT molecular complexity index is 606. The van der Waals surface area contributed by atoms with Gasteiger partial charge >= 0.3 is 7.12 Å². The first-order valence-electron chi connectivity index (χ1n) is 7.04. The van der Waals surface area contributed by atoms with Crippen molar-refractivity contribution in [3.63, 3.8) is 0 Å². The molecule has 0 aromatic heterocycles. The SMILES string of the molecule is COc1cccc2c1B(O)OC2CNCc1ccccc1. The molecule has 5 heteroatoms. The Morgan fingerprint density at radius 2 is 2.00 bits per heavy atom. The maximum atomic E-state index is 10.1. The van der Waals surface area contributed by atoms with Crippen LogP contribution < -0.4 is 15.5 Å². The van der Waals surface area contributed by atoms with Crippen molar-refractivity contribution >= 4 is 12.6 Å². The lowest BCUT2D eigenvalue weighted by molar-refractivity contribution is 0.187. The molecule has 1 atom stereocenters. The Kier molecular flexibility index (Phi) is 4.24. The van der Waals surface area contributed by atoms with Gasteiger partial charge in [0.05, 0.1) is 13.2 Å². The molecule has 0 aliphatic carbocycles. The molecule has 0 fully saturated rings. The van der Waals surface area contributed by atoms with Crippen LogP contribution in [0.4, 0.5) is 0 Å². The minimum absolute atomic E-state index is 0.159. The fourth-order valence-electron chi connectivity index (χ4n) is 2.68. The van der Waals surface area contributed by atoms with E-state index >= 15 is 0 Å². The van der Waals surface area contributed by atoms with Crippen LogP contribution in [0.15, 0.2) is 48.5 Å². The Morgan fingerprint density at radius 3 is 2.76 bits per heavy atom. The van der Waals surface area contributed by atoms with Crippen LogP contribution in [0.3, 0.4) is 0 Å². The lowest BCUT2D eigenvalue weighted by Crippen LogP contribution is -2.29. The predicted molar refractivity (Wildman–Crippen MR) is 82.6 cm³/mol. The third kappa shape index (κ3) is 2.95. The first kappa shape index (κ1) is 14.1. The van der Waals surface area contributed by atoms with E-state index in [4.69, 9.17) is 9.39 Å². The van der Waals surface area contributed by atoms with Crippen LogP contribution in [0.2, 0.25) is 0 Å². The van der Waals surface area contributed by atoms with E-state index in [2.05, 4.69) is 17.4 Å². The maximum absolute atomic E-state index is 10.1. The summed E-state index contributed by atoms with van der Waals surface area (Å²) in [6.45, 7) is 1.42. The number of hydrogen-bond acceptors (Lipinski definition) is 4. The number of nitrogens with one attached hydrogen (secondary N) is 1. The molecular weight excluding hydrogens is 265 g/mol. The molecule has 2 N–H and O–H groups in total. The molecule has 2 aromatic carbocycles. The highest BCUT2D eigenvalue weighted by Gasteiger charge is 2.37. The van der Waals surface area contributed by atoms with Crippen molar-refractivity contribution < 1.29 is 14.4 Å². The number of benzene rings is 2. The van der Waals surface area contributed by atoms with Crippen LogP contribution in [-0.4, -0.2) is 25.8 Å². The second kappa shape index (κ2) is 6.31. The highest BCUT2D eigenvalue weighted by Crippen LogP contribution is 2.27. The lowest BCUT2D eigenvalue weighted by Gasteiger charge is -2.13. The van der Waals surface area contributed by atoms with E-state index in [0.717, 1.165) is 17.6 Å². The monoisotopic (exact) mass is 283 g/mol. The van der Waals surface area contributed by atoms with E-state index in [1.54, 1.807) is 7.11 Å². The summed E-state index contributed by atoms with van der Waals surface area (Å²) in [5.74, 6) is 0.672. The van der Waals surface area contributed by atoms with Crippen LogP contribution in [-0.2, 0) is 11.2 Å². The third-order valence-electron chi connectivity index (χ3n) is 3.71. The van der Waals surface area contributed by atoms with Gasteiger partial charge in [0.25, 0.3) is 0 Å². The molecule has 0 bridgehead atoms. The zero-order valence-corrected chi connectivity index (χ0v) is 12.0. The van der Waals surface area contributed by atoms with Gasteiger partial charge in [0.1, 0.15) is 5.75 Å². The Morgan fingerprint density at radius 1 is 1.19 bits per heavy atom. The van der Waals surface area contributed by atoms with Gasteiger partial charge in [-0.2, -0.15) is 0 Å². The van der Waals surface area contributed by atoms with Gasteiger partial charge < -0.3 is 19.7 Å². The molecule has 21 heavy (non-hydrogen) atoms. The number of hydrogen-bond donors (Lipinski definition) is 2. The standard InChI is InChI=1S/C16H18BNO3/c1-20-14-9-5-8-13-15(21-17(19)16(13)14)11-18-10-12-6-3-2-4-7-12/h2-9,15,18-19H,10-11H2,1H3. The second-order valence-electron chi connectivity index (χ2n) is 5.06. The normalized spacial score (nSPS) is 16.9. The molecule has 108 valence electrons. The van der Waals surface area contributed by atoms with Gasteiger partial charge in [-0.25, -0.2) is 0 Å². The summed E-state index contributed by atoms with van der Waals surface area (Å²) >= 11 is 0. The zero-order chi connectivity index (χ0) is 14.7. The van der Waals surface area contributed by atoms with Gasteiger partial charge in [-0.3, -0.25) is 0 Å². The van der Waals surface area contributed by atoms with E-state index in [0.29, 0.717) is 12.3 Å². The minimum atomic E-state index is -0.917. The molecule has 1 unspecified atom stereocenters. The summed E-state index contributed by atoms with van der Waals surface area (Å²) < 4.78 is 10.9. The zero-order valence-electron chi connectivity index (χ0n) is 12.0. The first-order valence-corrected chi connectivity index (χ1v) is 7.04. The summed E-state index contributed by atoms with van der Waals surface area (Å²) in [7, 11) is 0.684. The number of fused-ring (bicyclic) bond motifs is 1. The van der Waals surface area contributed by atoms with E-state index < -0.39 is 7.12 Å². The van der Waals surface area contributed by atoms with Crippen molar-refractivity contribution in [2.75, 3.05) is 13.7 Å². The van der Waals surface area contributed by atoms with Gasteiger partial charge in [-0.15, -0.1) is 0 Å². The maximum Gasteiger partial charge on any atom is 0.495 e. The first-order chi connectivity index (χ1) is 10.3.